The van der Waals surface area contributed by atoms with Gasteiger partial charge in [-0.1, -0.05) is 19.9 Å². The predicted octanol–water partition coefficient (Wildman–Crippen LogP) is 3.02. The average molecular weight is 251 g/mol. The fourth-order valence-corrected chi connectivity index (χ4v) is 1.66. The van der Waals surface area contributed by atoms with Gasteiger partial charge in [-0.15, -0.1) is 0 Å². The van der Waals surface area contributed by atoms with Crippen LogP contribution < -0.4 is 14.8 Å². The molecule has 0 fully saturated rings. The van der Waals surface area contributed by atoms with Crippen LogP contribution in [0.15, 0.2) is 18.2 Å². The van der Waals surface area contributed by atoms with Gasteiger partial charge in [0.15, 0.2) is 11.5 Å². The van der Waals surface area contributed by atoms with E-state index in [2.05, 4.69) is 19.2 Å². The summed E-state index contributed by atoms with van der Waals surface area (Å²) >= 11 is 0. The van der Waals surface area contributed by atoms with Gasteiger partial charge in [-0.05, 0) is 50.0 Å². The Bertz CT molecular complexity index is 350. The van der Waals surface area contributed by atoms with Gasteiger partial charge in [0.2, 0.25) is 0 Å². The van der Waals surface area contributed by atoms with Crippen LogP contribution in [-0.4, -0.2) is 26.8 Å². The van der Waals surface area contributed by atoms with Gasteiger partial charge >= 0.3 is 0 Å². The first-order valence-corrected chi connectivity index (χ1v) is 6.61. The van der Waals surface area contributed by atoms with Crippen molar-refractivity contribution in [1.29, 1.82) is 0 Å². The van der Waals surface area contributed by atoms with Gasteiger partial charge in [-0.2, -0.15) is 0 Å². The second-order valence-corrected chi connectivity index (χ2v) is 4.95. The molecule has 0 aliphatic rings. The summed E-state index contributed by atoms with van der Waals surface area (Å²) < 4.78 is 11.0. The molecule has 0 aromatic heterocycles. The number of rotatable bonds is 8. The minimum atomic E-state index is 0.697. The molecule has 0 radical (unpaired) electrons. The van der Waals surface area contributed by atoms with E-state index in [0.717, 1.165) is 31.0 Å². The van der Waals surface area contributed by atoms with Crippen molar-refractivity contribution in [3.63, 3.8) is 0 Å². The first-order valence-electron chi connectivity index (χ1n) is 6.61. The second-order valence-electron chi connectivity index (χ2n) is 4.95. The Morgan fingerprint density at radius 2 is 2.00 bits per heavy atom. The molecule has 0 saturated heterocycles. The Hall–Kier alpha value is -1.22. The molecule has 1 rings (SSSR count). The molecule has 3 nitrogen and oxygen atoms in total. The SMILES string of the molecule is COc1cc(C)ccc1OCCCNCC(C)C. The van der Waals surface area contributed by atoms with E-state index in [0.29, 0.717) is 12.5 Å². The number of nitrogens with one attached hydrogen (secondary N) is 1. The van der Waals surface area contributed by atoms with Gasteiger partial charge in [0.05, 0.1) is 13.7 Å². The van der Waals surface area contributed by atoms with Crippen LogP contribution in [0.5, 0.6) is 11.5 Å². The zero-order valence-corrected chi connectivity index (χ0v) is 12.0. The molecule has 1 N–H and O–H groups in total. The minimum Gasteiger partial charge on any atom is -0.493 e. The molecule has 18 heavy (non-hydrogen) atoms. The summed E-state index contributed by atoms with van der Waals surface area (Å²) in [6.45, 7) is 9.23. The average Bonchev–Trinajstić information content (AvgIpc) is 2.34. The highest BCUT2D eigenvalue weighted by molar-refractivity contribution is 5.42. The number of benzene rings is 1. The van der Waals surface area contributed by atoms with E-state index in [9.17, 15) is 0 Å². The highest BCUT2D eigenvalue weighted by Gasteiger charge is 2.03. The van der Waals surface area contributed by atoms with Crippen molar-refractivity contribution in [2.75, 3.05) is 26.8 Å². The van der Waals surface area contributed by atoms with Crippen molar-refractivity contribution in [1.82, 2.24) is 5.32 Å². The minimum absolute atomic E-state index is 0.697. The molecule has 0 aliphatic heterocycles. The van der Waals surface area contributed by atoms with Gasteiger partial charge < -0.3 is 14.8 Å². The van der Waals surface area contributed by atoms with Crippen molar-refractivity contribution in [3.05, 3.63) is 23.8 Å². The van der Waals surface area contributed by atoms with E-state index in [1.807, 2.05) is 25.1 Å². The third-order valence-electron chi connectivity index (χ3n) is 2.63. The van der Waals surface area contributed by atoms with E-state index in [1.165, 1.54) is 5.56 Å². The Kier molecular flexibility index (Phi) is 6.58. The quantitative estimate of drug-likeness (QED) is 0.720. The molecule has 1 aromatic rings. The molecule has 0 aliphatic carbocycles. The second kappa shape index (κ2) is 7.98. The number of aryl methyl sites for hydroxylation is 1. The highest BCUT2D eigenvalue weighted by Crippen LogP contribution is 2.27. The maximum atomic E-state index is 5.73. The molecular formula is C15H25NO2. The largest absolute Gasteiger partial charge is 0.493 e. The Morgan fingerprint density at radius 1 is 1.22 bits per heavy atom. The molecule has 0 atom stereocenters. The zero-order valence-electron chi connectivity index (χ0n) is 12.0. The molecule has 0 amide bonds. The summed E-state index contributed by atoms with van der Waals surface area (Å²) in [6.07, 6.45) is 1.00. The first-order chi connectivity index (χ1) is 8.63. The van der Waals surface area contributed by atoms with E-state index >= 15 is 0 Å². The monoisotopic (exact) mass is 251 g/mol. The molecule has 0 heterocycles. The molecule has 1 aromatic carbocycles. The van der Waals surface area contributed by atoms with E-state index in [1.54, 1.807) is 7.11 Å². The van der Waals surface area contributed by atoms with Crippen LogP contribution in [0.25, 0.3) is 0 Å². The molecule has 0 saturated carbocycles. The number of ether oxygens (including phenoxy) is 2. The summed E-state index contributed by atoms with van der Waals surface area (Å²) in [5, 5.41) is 3.40. The molecular weight excluding hydrogens is 226 g/mol. The van der Waals surface area contributed by atoms with Gasteiger partial charge in [-0.3, -0.25) is 0 Å². The lowest BCUT2D eigenvalue weighted by Crippen LogP contribution is -2.22. The van der Waals surface area contributed by atoms with Crippen LogP contribution in [0.4, 0.5) is 0 Å². The van der Waals surface area contributed by atoms with Crippen LogP contribution in [0.1, 0.15) is 25.8 Å². The summed E-state index contributed by atoms with van der Waals surface area (Å²) in [5.74, 6) is 2.33. The van der Waals surface area contributed by atoms with Gasteiger partial charge in [0, 0.05) is 0 Å². The van der Waals surface area contributed by atoms with Crippen LogP contribution in [-0.2, 0) is 0 Å². The summed E-state index contributed by atoms with van der Waals surface area (Å²) in [4.78, 5) is 0. The predicted molar refractivity (Wildman–Crippen MR) is 75.6 cm³/mol. The lowest BCUT2D eigenvalue weighted by molar-refractivity contribution is 0.286. The number of hydrogen-bond acceptors (Lipinski definition) is 3. The van der Waals surface area contributed by atoms with Crippen LogP contribution >= 0.6 is 0 Å². The summed E-state index contributed by atoms with van der Waals surface area (Å²) in [7, 11) is 1.67. The van der Waals surface area contributed by atoms with Crippen molar-refractivity contribution >= 4 is 0 Å². The third kappa shape index (κ3) is 5.41. The van der Waals surface area contributed by atoms with Crippen molar-refractivity contribution < 1.29 is 9.47 Å². The number of hydrogen-bond donors (Lipinski definition) is 1. The maximum absolute atomic E-state index is 5.73. The Balaban J connectivity index is 2.27. The van der Waals surface area contributed by atoms with Crippen LogP contribution in [0.3, 0.4) is 0 Å². The molecule has 0 unspecified atom stereocenters. The fourth-order valence-electron chi connectivity index (χ4n) is 1.66. The molecule has 102 valence electrons. The molecule has 0 bridgehead atoms. The maximum Gasteiger partial charge on any atom is 0.161 e. The normalized spacial score (nSPS) is 10.7. The first kappa shape index (κ1) is 14.8. The Labute approximate surface area is 110 Å². The molecule has 3 heteroatoms. The summed E-state index contributed by atoms with van der Waals surface area (Å²) in [6, 6.07) is 6.00. The lowest BCUT2D eigenvalue weighted by Gasteiger charge is -2.12. The van der Waals surface area contributed by atoms with Crippen LogP contribution in [0, 0.1) is 12.8 Å². The van der Waals surface area contributed by atoms with Crippen molar-refractivity contribution in [2.45, 2.75) is 27.2 Å². The highest BCUT2D eigenvalue weighted by atomic mass is 16.5. The van der Waals surface area contributed by atoms with E-state index in [-0.39, 0.29) is 0 Å². The standard InChI is InChI=1S/C15H25NO2/c1-12(2)11-16-8-5-9-18-14-7-6-13(3)10-15(14)17-4/h6-7,10,12,16H,5,8-9,11H2,1-4H3. The molecule has 0 spiro atoms. The van der Waals surface area contributed by atoms with Crippen LogP contribution in [0.2, 0.25) is 0 Å². The zero-order chi connectivity index (χ0) is 13.4. The fraction of sp³-hybridized carbons (Fsp3) is 0.600. The van der Waals surface area contributed by atoms with Crippen molar-refractivity contribution in [3.8, 4) is 11.5 Å². The summed E-state index contributed by atoms with van der Waals surface area (Å²) in [5.41, 5.74) is 1.18. The third-order valence-corrected chi connectivity index (χ3v) is 2.63. The van der Waals surface area contributed by atoms with Crippen molar-refractivity contribution in [2.24, 2.45) is 5.92 Å². The van der Waals surface area contributed by atoms with Gasteiger partial charge in [-0.25, -0.2) is 0 Å². The topological polar surface area (TPSA) is 30.5 Å². The van der Waals surface area contributed by atoms with E-state index < -0.39 is 0 Å². The lowest BCUT2D eigenvalue weighted by atomic mass is 10.2. The van der Waals surface area contributed by atoms with Gasteiger partial charge in [0.25, 0.3) is 0 Å². The Morgan fingerprint density at radius 3 is 2.67 bits per heavy atom. The van der Waals surface area contributed by atoms with Gasteiger partial charge in [0.1, 0.15) is 0 Å². The number of methoxy groups -OCH3 is 1. The smallest absolute Gasteiger partial charge is 0.161 e. The van der Waals surface area contributed by atoms with E-state index in [4.69, 9.17) is 9.47 Å².